The number of thiophene rings is 1. The van der Waals surface area contributed by atoms with Crippen LogP contribution in [0.15, 0.2) is 40.7 Å². The van der Waals surface area contributed by atoms with Gasteiger partial charge in [0.05, 0.1) is 25.8 Å². The number of hydrogen-bond acceptors (Lipinski definition) is 4. The third-order valence-corrected chi connectivity index (χ3v) is 6.19. The minimum Gasteiger partial charge on any atom is -0.379 e. The summed E-state index contributed by atoms with van der Waals surface area (Å²) >= 11 is 8.27. The van der Waals surface area contributed by atoms with E-state index in [2.05, 4.69) is 45.0 Å². The summed E-state index contributed by atoms with van der Waals surface area (Å²) in [5, 5.41) is 9.81. The minimum absolute atomic E-state index is 0. The second kappa shape index (κ2) is 12.0. The molecule has 2 heterocycles. The molecule has 0 radical (unpaired) electrons. The molecule has 1 saturated heterocycles. The van der Waals surface area contributed by atoms with E-state index in [9.17, 15) is 0 Å². The highest BCUT2D eigenvalue weighted by Gasteiger charge is 2.24. The van der Waals surface area contributed by atoms with Crippen molar-refractivity contribution in [2.45, 2.75) is 19.5 Å². The molecule has 1 fully saturated rings. The summed E-state index contributed by atoms with van der Waals surface area (Å²) in [7, 11) is 1.80. The van der Waals surface area contributed by atoms with Gasteiger partial charge in [-0.05, 0) is 35.6 Å². The van der Waals surface area contributed by atoms with Crippen molar-refractivity contribution in [2.75, 3.05) is 39.9 Å². The molecular formula is C20H28ClIN4OS. The molecule has 0 aliphatic carbocycles. The normalized spacial score (nSPS) is 16.3. The van der Waals surface area contributed by atoms with Crippen molar-refractivity contribution in [3.8, 4) is 0 Å². The van der Waals surface area contributed by atoms with E-state index < -0.39 is 0 Å². The van der Waals surface area contributed by atoms with Crippen LogP contribution < -0.4 is 10.6 Å². The first-order valence-corrected chi connectivity index (χ1v) is 10.5. The molecular weight excluding hydrogens is 507 g/mol. The van der Waals surface area contributed by atoms with Gasteiger partial charge in [-0.2, -0.15) is 0 Å². The molecule has 2 aromatic rings. The van der Waals surface area contributed by atoms with E-state index in [1.807, 2.05) is 18.2 Å². The van der Waals surface area contributed by atoms with Gasteiger partial charge in [0, 0.05) is 36.6 Å². The number of aliphatic imine (C=N–C) groups is 1. The Bertz CT molecular complexity index is 764. The first-order valence-electron chi connectivity index (χ1n) is 9.22. The van der Waals surface area contributed by atoms with Gasteiger partial charge in [-0.15, -0.1) is 35.3 Å². The second-order valence-electron chi connectivity index (χ2n) is 6.52. The maximum atomic E-state index is 6.50. The average Bonchev–Trinajstić information content (AvgIpc) is 3.11. The SMILES string of the molecule is CN=C(NCc1sccc1C)NCC(c1ccccc1Cl)N1CCOCC1.I. The monoisotopic (exact) mass is 534 g/mol. The van der Waals surface area contributed by atoms with E-state index in [1.165, 1.54) is 10.4 Å². The molecule has 1 atom stereocenters. The number of ether oxygens (including phenoxy) is 1. The van der Waals surface area contributed by atoms with Crippen molar-refractivity contribution in [3.63, 3.8) is 0 Å². The number of halogens is 2. The zero-order valence-corrected chi connectivity index (χ0v) is 20.2. The van der Waals surface area contributed by atoms with Gasteiger partial charge in [0.2, 0.25) is 0 Å². The topological polar surface area (TPSA) is 48.9 Å². The predicted molar refractivity (Wildman–Crippen MR) is 129 cm³/mol. The maximum Gasteiger partial charge on any atom is 0.191 e. The highest BCUT2D eigenvalue weighted by atomic mass is 127. The van der Waals surface area contributed by atoms with Crippen LogP contribution in [0.1, 0.15) is 22.0 Å². The van der Waals surface area contributed by atoms with Crippen LogP contribution in [0.25, 0.3) is 0 Å². The van der Waals surface area contributed by atoms with Crippen LogP contribution in [0.5, 0.6) is 0 Å². The van der Waals surface area contributed by atoms with Crippen molar-refractivity contribution in [2.24, 2.45) is 4.99 Å². The van der Waals surface area contributed by atoms with Crippen molar-refractivity contribution < 1.29 is 4.74 Å². The summed E-state index contributed by atoms with van der Waals surface area (Å²) in [6.07, 6.45) is 0. The number of aryl methyl sites for hydroxylation is 1. The van der Waals surface area contributed by atoms with Crippen molar-refractivity contribution in [1.82, 2.24) is 15.5 Å². The second-order valence-corrected chi connectivity index (χ2v) is 7.93. The number of nitrogens with one attached hydrogen (secondary N) is 2. The molecule has 1 aromatic heterocycles. The zero-order chi connectivity index (χ0) is 19.1. The van der Waals surface area contributed by atoms with Gasteiger partial charge < -0.3 is 15.4 Å². The standard InChI is InChI=1S/C20H27ClN4OS.HI/c1-15-7-12-27-19(15)14-24-20(22-2)23-13-18(25-8-10-26-11-9-25)16-5-3-4-6-17(16)21;/h3-7,12,18H,8-11,13-14H2,1-2H3,(H2,22,23,24);1H. The summed E-state index contributed by atoms with van der Waals surface area (Å²) in [6.45, 7) is 6.95. The number of nitrogens with zero attached hydrogens (tertiary/aromatic N) is 2. The predicted octanol–water partition coefficient (Wildman–Crippen LogP) is 4.07. The third kappa shape index (κ3) is 6.32. The molecule has 154 valence electrons. The van der Waals surface area contributed by atoms with E-state index >= 15 is 0 Å². The van der Waals surface area contributed by atoms with Crippen LogP contribution in [0.2, 0.25) is 5.02 Å². The number of benzene rings is 1. The quantitative estimate of drug-likeness (QED) is 0.333. The average molecular weight is 535 g/mol. The van der Waals surface area contributed by atoms with Gasteiger partial charge in [0.1, 0.15) is 0 Å². The number of rotatable bonds is 6. The highest BCUT2D eigenvalue weighted by Crippen LogP contribution is 2.27. The molecule has 1 unspecified atom stereocenters. The summed E-state index contributed by atoms with van der Waals surface area (Å²) in [4.78, 5) is 8.13. The van der Waals surface area contributed by atoms with Crippen molar-refractivity contribution >= 4 is 52.9 Å². The molecule has 1 aliphatic rings. The molecule has 8 heteroatoms. The molecule has 0 amide bonds. The molecule has 1 aromatic carbocycles. The summed E-state index contributed by atoms with van der Waals surface area (Å²) in [6, 6.07) is 10.4. The number of morpholine rings is 1. The lowest BCUT2D eigenvalue weighted by atomic mass is 10.0. The van der Waals surface area contributed by atoms with Crippen molar-refractivity contribution in [3.05, 3.63) is 56.7 Å². The number of guanidine groups is 1. The zero-order valence-electron chi connectivity index (χ0n) is 16.3. The maximum absolute atomic E-state index is 6.50. The first-order chi connectivity index (χ1) is 13.2. The molecule has 5 nitrogen and oxygen atoms in total. The smallest absolute Gasteiger partial charge is 0.191 e. The Kier molecular flexibility index (Phi) is 10.0. The van der Waals surface area contributed by atoms with E-state index in [0.29, 0.717) is 0 Å². The van der Waals surface area contributed by atoms with Gasteiger partial charge in [-0.25, -0.2) is 0 Å². The lowest BCUT2D eigenvalue weighted by Gasteiger charge is -2.35. The molecule has 1 aliphatic heterocycles. The lowest BCUT2D eigenvalue weighted by Crippen LogP contribution is -2.46. The van der Waals surface area contributed by atoms with Crippen LogP contribution in [0, 0.1) is 6.92 Å². The van der Waals surface area contributed by atoms with Gasteiger partial charge >= 0.3 is 0 Å². The van der Waals surface area contributed by atoms with Crippen molar-refractivity contribution in [1.29, 1.82) is 0 Å². The fourth-order valence-electron chi connectivity index (χ4n) is 3.23. The largest absolute Gasteiger partial charge is 0.379 e. The van der Waals surface area contributed by atoms with E-state index in [1.54, 1.807) is 18.4 Å². The molecule has 28 heavy (non-hydrogen) atoms. The van der Waals surface area contributed by atoms with Crippen LogP contribution in [-0.2, 0) is 11.3 Å². The lowest BCUT2D eigenvalue weighted by molar-refractivity contribution is 0.0170. The van der Waals surface area contributed by atoms with Crippen LogP contribution in [0.4, 0.5) is 0 Å². The highest BCUT2D eigenvalue weighted by molar-refractivity contribution is 14.0. The molecule has 2 N–H and O–H groups in total. The Balaban J connectivity index is 0.00000280. The Morgan fingerprint density at radius 3 is 2.64 bits per heavy atom. The Labute approximate surface area is 193 Å². The summed E-state index contributed by atoms with van der Waals surface area (Å²) in [5.41, 5.74) is 2.45. The molecule has 3 rings (SSSR count). The molecule has 0 saturated carbocycles. The number of hydrogen-bond donors (Lipinski definition) is 2. The third-order valence-electron chi connectivity index (χ3n) is 4.82. The van der Waals surface area contributed by atoms with Crippen LogP contribution >= 0.6 is 46.9 Å². The van der Waals surface area contributed by atoms with E-state index in [-0.39, 0.29) is 30.0 Å². The van der Waals surface area contributed by atoms with Gasteiger partial charge in [-0.3, -0.25) is 9.89 Å². The molecule has 0 bridgehead atoms. The van der Waals surface area contributed by atoms with E-state index in [0.717, 1.165) is 55.9 Å². The van der Waals surface area contributed by atoms with E-state index in [4.69, 9.17) is 16.3 Å². The minimum atomic E-state index is 0. The fraction of sp³-hybridized carbons (Fsp3) is 0.450. The Morgan fingerprint density at radius 1 is 1.25 bits per heavy atom. The Morgan fingerprint density at radius 2 is 2.00 bits per heavy atom. The fourth-order valence-corrected chi connectivity index (χ4v) is 4.34. The van der Waals surface area contributed by atoms with Gasteiger partial charge in [0.25, 0.3) is 0 Å². The van der Waals surface area contributed by atoms with Gasteiger partial charge in [0.15, 0.2) is 5.96 Å². The Hall–Kier alpha value is -0.870. The first kappa shape index (κ1) is 23.4. The summed E-state index contributed by atoms with van der Waals surface area (Å²) in [5.74, 6) is 0.799. The van der Waals surface area contributed by atoms with Crippen LogP contribution in [-0.4, -0.2) is 50.8 Å². The summed E-state index contributed by atoms with van der Waals surface area (Å²) < 4.78 is 5.52. The van der Waals surface area contributed by atoms with Crippen LogP contribution in [0.3, 0.4) is 0 Å². The molecule has 0 spiro atoms. The van der Waals surface area contributed by atoms with Gasteiger partial charge in [-0.1, -0.05) is 29.8 Å².